The fraction of sp³-hybridized carbons (Fsp3) is 0.172. The summed E-state index contributed by atoms with van der Waals surface area (Å²) in [6.07, 6.45) is 4.23. The third-order valence-corrected chi connectivity index (χ3v) is 5.89. The van der Waals surface area contributed by atoms with Crippen LogP contribution in [0.4, 0.5) is 5.69 Å². The largest absolute Gasteiger partial charge is 0.490 e. The van der Waals surface area contributed by atoms with E-state index in [0.29, 0.717) is 47.4 Å². The molecule has 0 saturated heterocycles. The molecule has 6 heteroatoms. The summed E-state index contributed by atoms with van der Waals surface area (Å²) < 4.78 is 12.2. The van der Waals surface area contributed by atoms with Gasteiger partial charge in [-0.05, 0) is 62.2 Å². The van der Waals surface area contributed by atoms with Gasteiger partial charge in [-0.3, -0.25) is 4.79 Å². The van der Waals surface area contributed by atoms with Crippen molar-refractivity contribution in [2.24, 2.45) is 5.10 Å². The second-order valence-corrected chi connectivity index (χ2v) is 8.42. The molecule has 0 radical (unpaired) electrons. The maximum atomic E-state index is 13.2. The Bertz CT molecular complexity index is 1300. The monoisotopic (exact) mass is 486 g/mol. The second kappa shape index (κ2) is 11.1. The first-order valence-corrected chi connectivity index (χ1v) is 11.8. The smallest absolute Gasteiger partial charge is 0.280 e. The van der Waals surface area contributed by atoms with E-state index in [9.17, 15) is 4.79 Å². The minimum absolute atomic E-state index is 0.170. The number of hydrogen-bond donors (Lipinski definition) is 0. The van der Waals surface area contributed by atoms with Gasteiger partial charge in [0.15, 0.2) is 11.5 Å². The molecule has 0 aliphatic carbocycles. The standard InChI is InChI=1S/C29H27ClN2O3/c1-4-11-22-16-21(17-25-20(3)31-32(29(25)33)24-13-7-6-8-14-24)18-27(34-5-2)28(22)35-19-23-12-9-10-15-26(23)30/h4,6-10,12-18H,1,5,11,19H2,2-3H3/b25-17+. The molecule has 0 aromatic heterocycles. The number of amides is 1. The Balaban J connectivity index is 1.69. The van der Waals surface area contributed by atoms with Gasteiger partial charge in [0.05, 0.1) is 23.6 Å². The molecule has 1 amide bonds. The molecule has 0 unspecified atom stereocenters. The van der Waals surface area contributed by atoms with E-state index >= 15 is 0 Å². The van der Waals surface area contributed by atoms with Crippen molar-refractivity contribution in [3.8, 4) is 11.5 Å². The maximum Gasteiger partial charge on any atom is 0.280 e. The summed E-state index contributed by atoms with van der Waals surface area (Å²) in [5.41, 5.74) is 4.53. The molecule has 5 nitrogen and oxygen atoms in total. The number of halogens is 1. The lowest BCUT2D eigenvalue weighted by molar-refractivity contribution is -0.114. The van der Waals surface area contributed by atoms with Crippen molar-refractivity contribution < 1.29 is 14.3 Å². The molecule has 0 fully saturated rings. The van der Waals surface area contributed by atoms with Crippen LogP contribution in [0.15, 0.2) is 90.1 Å². The second-order valence-electron chi connectivity index (χ2n) is 8.01. The number of benzene rings is 3. The van der Waals surface area contributed by atoms with Gasteiger partial charge in [0.25, 0.3) is 5.91 Å². The van der Waals surface area contributed by atoms with E-state index in [-0.39, 0.29) is 5.91 Å². The Labute approximate surface area is 210 Å². The Morgan fingerprint density at radius 2 is 1.77 bits per heavy atom. The van der Waals surface area contributed by atoms with Gasteiger partial charge >= 0.3 is 0 Å². The molecule has 1 heterocycles. The molecule has 3 aromatic rings. The lowest BCUT2D eigenvalue weighted by atomic mass is 10.0. The van der Waals surface area contributed by atoms with Gasteiger partial charge in [0, 0.05) is 16.1 Å². The topological polar surface area (TPSA) is 51.1 Å². The van der Waals surface area contributed by atoms with Crippen molar-refractivity contribution in [3.05, 3.63) is 107 Å². The minimum Gasteiger partial charge on any atom is -0.490 e. The SMILES string of the molecule is C=CCc1cc(/C=C2/C(=O)N(c3ccccc3)N=C2C)cc(OCC)c1OCc1ccccc1Cl. The maximum absolute atomic E-state index is 13.2. The molecule has 0 spiro atoms. The highest BCUT2D eigenvalue weighted by atomic mass is 35.5. The molecule has 3 aromatic carbocycles. The number of ether oxygens (including phenoxy) is 2. The highest BCUT2D eigenvalue weighted by Crippen LogP contribution is 2.36. The molecule has 0 N–H and O–H groups in total. The van der Waals surface area contributed by atoms with E-state index in [0.717, 1.165) is 22.4 Å². The number of hydrogen-bond acceptors (Lipinski definition) is 4. The fourth-order valence-electron chi connectivity index (χ4n) is 3.86. The molecular formula is C29H27ClN2O3. The molecule has 0 atom stereocenters. The Morgan fingerprint density at radius 3 is 2.49 bits per heavy atom. The first kappa shape index (κ1) is 24.3. The van der Waals surface area contributed by atoms with Gasteiger partial charge in [-0.1, -0.05) is 54.1 Å². The molecular weight excluding hydrogens is 460 g/mol. The van der Waals surface area contributed by atoms with Crippen molar-refractivity contribution in [1.29, 1.82) is 0 Å². The van der Waals surface area contributed by atoms with Crippen molar-refractivity contribution in [3.63, 3.8) is 0 Å². The van der Waals surface area contributed by atoms with Crippen LogP contribution < -0.4 is 14.5 Å². The third kappa shape index (κ3) is 5.47. The van der Waals surface area contributed by atoms with Crippen LogP contribution in [0.5, 0.6) is 11.5 Å². The zero-order chi connectivity index (χ0) is 24.8. The summed E-state index contributed by atoms with van der Waals surface area (Å²) in [4.78, 5) is 13.2. The molecule has 0 saturated carbocycles. The summed E-state index contributed by atoms with van der Waals surface area (Å²) >= 11 is 6.31. The number of nitrogens with zero attached hydrogens (tertiary/aromatic N) is 2. The minimum atomic E-state index is -0.170. The van der Waals surface area contributed by atoms with Crippen molar-refractivity contribution in [1.82, 2.24) is 0 Å². The van der Waals surface area contributed by atoms with E-state index in [1.54, 1.807) is 0 Å². The van der Waals surface area contributed by atoms with E-state index in [2.05, 4.69) is 11.7 Å². The van der Waals surface area contributed by atoms with Crippen LogP contribution in [0.3, 0.4) is 0 Å². The highest BCUT2D eigenvalue weighted by molar-refractivity contribution is 6.32. The van der Waals surface area contributed by atoms with Crippen LogP contribution >= 0.6 is 11.6 Å². The van der Waals surface area contributed by atoms with Gasteiger partial charge in [-0.25, -0.2) is 0 Å². The molecule has 1 aliphatic heterocycles. The Hall–Kier alpha value is -3.83. The lowest BCUT2D eigenvalue weighted by Crippen LogP contribution is -2.21. The van der Waals surface area contributed by atoms with Gasteiger partial charge < -0.3 is 9.47 Å². The number of carbonyl (C=O) groups excluding carboxylic acids is 1. The van der Waals surface area contributed by atoms with Gasteiger partial charge in [-0.15, -0.1) is 6.58 Å². The lowest BCUT2D eigenvalue weighted by Gasteiger charge is -2.17. The van der Waals surface area contributed by atoms with Crippen molar-refractivity contribution in [2.75, 3.05) is 11.6 Å². The van der Waals surface area contributed by atoms with Crippen molar-refractivity contribution in [2.45, 2.75) is 26.9 Å². The zero-order valence-corrected chi connectivity index (χ0v) is 20.6. The Kier molecular flexibility index (Phi) is 7.68. The average molecular weight is 487 g/mol. The van der Waals surface area contributed by atoms with E-state index in [4.69, 9.17) is 21.1 Å². The number of rotatable bonds is 9. The number of carbonyl (C=O) groups is 1. The number of hydrazone groups is 1. The number of allylic oxidation sites excluding steroid dienone is 1. The van der Waals surface area contributed by atoms with E-state index in [1.807, 2.05) is 92.7 Å². The normalized spacial score (nSPS) is 14.3. The van der Waals surface area contributed by atoms with E-state index < -0.39 is 0 Å². The first-order chi connectivity index (χ1) is 17.0. The number of anilines is 1. The summed E-state index contributed by atoms with van der Waals surface area (Å²) in [7, 11) is 0. The van der Waals surface area contributed by atoms with Gasteiger partial charge in [0.2, 0.25) is 0 Å². The third-order valence-electron chi connectivity index (χ3n) is 5.52. The predicted molar refractivity (Wildman–Crippen MR) is 142 cm³/mol. The van der Waals surface area contributed by atoms with Crippen LogP contribution in [0.1, 0.15) is 30.5 Å². The van der Waals surface area contributed by atoms with Crippen LogP contribution in [-0.4, -0.2) is 18.2 Å². The molecule has 35 heavy (non-hydrogen) atoms. The van der Waals surface area contributed by atoms with E-state index in [1.165, 1.54) is 5.01 Å². The fourth-order valence-corrected chi connectivity index (χ4v) is 4.05. The summed E-state index contributed by atoms with van der Waals surface area (Å²) in [5, 5.41) is 6.55. The van der Waals surface area contributed by atoms with Gasteiger partial charge in [0.1, 0.15) is 6.61 Å². The number of para-hydroxylation sites is 1. The van der Waals surface area contributed by atoms with Crippen LogP contribution in [0.25, 0.3) is 6.08 Å². The molecule has 4 rings (SSSR count). The van der Waals surface area contributed by atoms with Crippen LogP contribution in [-0.2, 0) is 17.8 Å². The summed E-state index contributed by atoms with van der Waals surface area (Å²) in [6.45, 7) is 8.43. The molecule has 178 valence electrons. The van der Waals surface area contributed by atoms with Crippen LogP contribution in [0.2, 0.25) is 5.02 Å². The zero-order valence-electron chi connectivity index (χ0n) is 19.8. The molecule has 1 aliphatic rings. The predicted octanol–water partition coefficient (Wildman–Crippen LogP) is 6.85. The summed E-state index contributed by atoms with van der Waals surface area (Å²) in [5.74, 6) is 1.07. The highest BCUT2D eigenvalue weighted by Gasteiger charge is 2.28. The summed E-state index contributed by atoms with van der Waals surface area (Å²) in [6, 6.07) is 20.8. The quantitative estimate of drug-likeness (QED) is 0.245. The van der Waals surface area contributed by atoms with Gasteiger partial charge in [-0.2, -0.15) is 10.1 Å². The van der Waals surface area contributed by atoms with Crippen LogP contribution in [0, 0.1) is 0 Å². The molecule has 0 bridgehead atoms. The van der Waals surface area contributed by atoms with Crippen molar-refractivity contribution >= 4 is 35.0 Å². The average Bonchev–Trinajstić information content (AvgIpc) is 3.14. The first-order valence-electron chi connectivity index (χ1n) is 11.5. The Morgan fingerprint density at radius 1 is 1.03 bits per heavy atom.